The number of rotatable bonds is 5. The van der Waals surface area contributed by atoms with Crippen LogP contribution in [0.3, 0.4) is 0 Å². The van der Waals surface area contributed by atoms with Gasteiger partial charge in [0.25, 0.3) is 5.69 Å². The second kappa shape index (κ2) is 5.74. The summed E-state index contributed by atoms with van der Waals surface area (Å²) in [6.07, 6.45) is 1.53. The summed E-state index contributed by atoms with van der Waals surface area (Å²) in [7, 11) is 0. The molecule has 1 aromatic carbocycles. The molecule has 1 heterocycles. The van der Waals surface area contributed by atoms with E-state index in [1.54, 1.807) is 12.1 Å². The highest BCUT2D eigenvalue weighted by Crippen LogP contribution is 2.22. The first kappa shape index (κ1) is 13.4. The molecule has 0 amide bonds. The van der Waals surface area contributed by atoms with E-state index >= 15 is 0 Å². The number of aromatic nitrogens is 2. The molecule has 0 spiro atoms. The summed E-state index contributed by atoms with van der Waals surface area (Å²) < 4.78 is 0. The average molecular weight is 274 g/mol. The molecule has 8 heteroatoms. The molecule has 2 aromatic rings. The fourth-order valence-corrected chi connectivity index (χ4v) is 1.59. The summed E-state index contributed by atoms with van der Waals surface area (Å²) >= 11 is 0. The maximum absolute atomic E-state index is 11.1. The van der Waals surface area contributed by atoms with Crippen LogP contribution >= 0.6 is 0 Å². The fraction of sp³-hybridized carbons (Fsp3) is 0.0833. The topological polar surface area (TPSA) is 118 Å². The van der Waals surface area contributed by atoms with Gasteiger partial charge in [-0.05, 0) is 18.2 Å². The molecule has 0 aliphatic rings. The Balaban J connectivity index is 2.23. The summed E-state index contributed by atoms with van der Waals surface area (Å²) in [5.74, 6) is -1.24. The van der Waals surface area contributed by atoms with Crippen molar-refractivity contribution in [2.45, 2.75) is 6.54 Å². The number of aromatic carboxylic acids is 1. The van der Waals surface area contributed by atoms with Crippen molar-refractivity contribution < 1.29 is 14.8 Å². The van der Waals surface area contributed by atoms with Crippen molar-refractivity contribution in [1.82, 2.24) is 10.2 Å². The Hall–Kier alpha value is -3.03. The molecule has 0 saturated carbocycles. The zero-order chi connectivity index (χ0) is 14.5. The van der Waals surface area contributed by atoms with E-state index in [0.717, 1.165) is 6.07 Å². The van der Waals surface area contributed by atoms with Crippen LogP contribution in [0.1, 0.15) is 16.1 Å². The van der Waals surface area contributed by atoms with Crippen molar-refractivity contribution in [2.24, 2.45) is 0 Å². The van der Waals surface area contributed by atoms with Gasteiger partial charge in [0.1, 0.15) is 0 Å². The minimum atomic E-state index is -1.24. The predicted molar refractivity (Wildman–Crippen MR) is 69.4 cm³/mol. The molecule has 0 radical (unpaired) electrons. The van der Waals surface area contributed by atoms with Gasteiger partial charge < -0.3 is 10.4 Å². The molecule has 0 bridgehead atoms. The lowest BCUT2D eigenvalue weighted by atomic mass is 10.1. The number of non-ortho nitro benzene ring substituents is 1. The number of carbonyl (C=O) groups is 1. The second-order valence-electron chi connectivity index (χ2n) is 3.86. The normalized spacial score (nSPS) is 10.0. The van der Waals surface area contributed by atoms with Gasteiger partial charge in [-0.1, -0.05) is 0 Å². The van der Waals surface area contributed by atoms with E-state index in [9.17, 15) is 14.9 Å². The SMILES string of the molecule is O=C(O)c1cc([N+](=O)[O-])ccc1NCc1cccnn1. The standard InChI is InChI=1S/C12H10N4O4/c17-12(18)10-6-9(16(19)20)3-4-11(10)13-7-8-2-1-5-14-15-8/h1-6,13H,7H2,(H,17,18). The molecule has 8 nitrogen and oxygen atoms in total. The van der Waals surface area contributed by atoms with Gasteiger partial charge in [-0.2, -0.15) is 10.2 Å². The van der Waals surface area contributed by atoms with E-state index in [4.69, 9.17) is 5.11 Å². The Morgan fingerprint density at radius 2 is 2.20 bits per heavy atom. The Morgan fingerprint density at radius 1 is 1.40 bits per heavy atom. The summed E-state index contributed by atoms with van der Waals surface area (Å²) in [6.45, 7) is 0.270. The van der Waals surface area contributed by atoms with Gasteiger partial charge in [-0.25, -0.2) is 4.79 Å². The molecule has 0 atom stereocenters. The summed E-state index contributed by atoms with van der Waals surface area (Å²) in [5, 5.41) is 30.1. The van der Waals surface area contributed by atoms with E-state index in [-0.39, 0.29) is 23.5 Å². The van der Waals surface area contributed by atoms with Gasteiger partial charge in [0.15, 0.2) is 0 Å². The average Bonchev–Trinajstić information content (AvgIpc) is 2.45. The number of anilines is 1. The lowest BCUT2D eigenvalue weighted by molar-refractivity contribution is -0.384. The van der Waals surface area contributed by atoms with Crippen molar-refractivity contribution in [3.05, 3.63) is 57.9 Å². The van der Waals surface area contributed by atoms with Crippen LogP contribution in [0.4, 0.5) is 11.4 Å². The molecule has 2 rings (SSSR count). The number of hydrogen-bond acceptors (Lipinski definition) is 6. The molecule has 0 aliphatic heterocycles. The highest BCUT2D eigenvalue weighted by Gasteiger charge is 2.15. The van der Waals surface area contributed by atoms with Gasteiger partial charge in [0.05, 0.1) is 22.7 Å². The van der Waals surface area contributed by atoms with E-state index < -0.39 is 10.9 Å². The number of carboxylic acid groups (broad SMARTS) is 1. The van der Waals surface area contributed by atoms with E-state index in [1.807, 2.05) is 0 Å². The smallest absolute Gasteiger partial charge is 0.338 e. The number of nitro benzene ring substituents is 1. The molecule has 0 aliphatic carbocycles. The monoisotopic (exact) mass is 274 g/mol. The maximum atomic E-state index is 11.1. The number of carboxylic acids is 1. The first-order valence-electron chi connectivity index (χ1n) is 5.60. The van der Waals surface area contributed by atoms with Crippen molar-refractivity contribution in [3.8, 4) is 0 Å². The third kappa shape index (κ3) is 3.05. The highest BCUT2D eigenvalue weighted by molar-refractivity contribution is 5.95. The number of nitrogens with zero attached hydrogens (tertiary/aromatic N) is 3. The molecule has 102 valence electrons. The van der Waals surface area contributed by atoms with Crippen LogP contribution in [-0.2, 0) is 6.54 Å². The Kier molecular flexibility index (Phi) is 3.85. The van der Waals surface area contributed by atoms with Crippen LogP contribution in [-0.4, -0.2) is 26.2 Å². The van der Waals surface area contributed by atoms with Gasteiger partial charge >= 0.3 is 5.97 Å². The predicted octanol–water partition coefficient (Wildman–Crippen LogP) is 1.70. The largest absolute Gasteiger partial charge is 0.478 e. The van der Waals surface area contributed by atoms with Crippen LogP contribution in [0, 0.1) is 10.1 Å². The molecule has 2 N–H and O–H groups in total. The summed E-state index contributed by atoms with van der Waals surface area (Å²) in [6, 6.07) is 7.05. The minimum Gasteiger partial charge on any atom is -0.478 e. The van der Waals surface area contributed by atoms with Crippen LogP contribution in [0.5, 0.6) is 0 Å². The Morgan fingerprint density at radius 3 is 2.80 bits per heavy atom. The van der Waals surface area contributed by atoms with Crippen LogP contribution in [0.15, 0.2) is 36.5 Å². The van der Waals surface area contributed by atoms with Crippen molar-refractivity contribution in [1.29, 1.82) is 0 Å². The van der Waals surface area contributed by atoms with Crippen LogP contribution in [0.2, 0.25) is 0 Å². The quantitative estimate of drug-likeness (QED) is 0.629. The summed E-state index contributed by atoms with van der Waals surface area (Å²) in [5.41, 5.74) is 0.478. The molecule has 0 unspecified atom stereocenters. The van der Waals surface area contributed by atoms with Crippen LogP contribution < -0.4 is 5.32 Å². The lowest BCUT2D eigenvalue weighted by Crippen LogP contribution is -2.08. The summed E-state index contributed by atoms with van der Waals surface area (Å²) in [4.78, 5) is 21.1. The Labute approximate surface area is 113 Å². The van der Waals surface area contributed by atoms with E-state index in [2.05, 4.69) is 15.5 Å². The van der Waals surface area contributed by atoms with Gasteiger partial charge in [-0.15, -0.1) is 0 Å². The first-order valence-corrected chi connectivity index (χ1v) is 5.60. The van der Waals surface area contributed by atoms with Gasteiger partial charge in [0, 0.05) is 24.0 Å². The second-order valence-corrected chi connectivity index (χ2v) is 3.86. The maximum Gasteiger partial charge on any atom is 0.338 e. The third-order valence-electron chi connectivity index (χ3n) is 2.53. The third-order valence-corrected chi connectivity index (χ3v) is 2.53. The van der Waals surface area contributed by atoms with E-state index in [0.29, 0.717) is 5.69 Å². The lowest BCUT2D eigenvalue weighted by Gasteiger charge is -2.08. The number of nitrogens with one attached hydrogen (secondary N) is 1. The molecule has 1 aromatic heterocycles. The Bertz CT molecular complexity index is 645. The number of benzene rings is 1. The minimum absolute atomic E-state index is 0.164. The molecule has 0 fully saturated rings. The highest BCUT2D eigenvalue weighted by atomic mass is 16.6. The van der Waals surface area contributed by atoms with Crippen LogP contribution in [0.25, 0.3) is 0 Å². The van der Waals surface area contributed by atoms with Crippen molar-refractivity contribution in [3.63, 3.8) is 0 Å². The van der Waals surface area contributed by atoms with Gasteiger partial charge in [-0.3, -0.25) is 10.1 Å². The van der Waals surface area contributed by atoms with E-state index in [1.165, 1.54) is 18.3 Å². The zero-order valence-electron chi connectivity index (χ0n) is 10.2. The zero-order valence-corrected chi connectivity index (χ0v) is 10.2. The van der Waals surface area contributed by atoms with Gasteiger partial charge in [0.2, 0.25) is 0 Å². The molecular weight excluding hydrogens is 264 g/mol. The van der Waals surface area contributed by atoms with Crippen molar-refractivity contribution >= 4 is 17.3 Å². The van der Waals surface area contributed by atoms with Crippen molar-refractivity contribution in [2.75, 3.05) is 5.32 Å². The fourth-order valence-electron chi connectivity index (χ4n) is 1.59. The molecule has 0 saturated heterocycles. The number of hydrogen-bond donors (Lipinski definition) is 2. The molecular formula is C12H10N4O4. The first-order chi connectivity index (χ1) is 9.58. The number of nitro groups is 1. The molecule has 20 heavy (non-hydrogen) atoms.